The van der Waals surface area contributed by atoms with E-state index < -0.39 is 0 Å². The maximum Gasteiger partial charge on any atom is 0.246 e. The molecule has 1 aliphatic heterocycles. The minimum atomic E-state index is -0.107. The molecular weight excluding hydrogens is 358 g/mol. The molecule has 1 fully saturated rings. The van der Waals surface area contributed by atoms with Crippen molar-refractivity contribution in [3.63, 3.8) is 0 Å². The highest BCUT2D eigenvalue weighted by Crippen LogP contribution is 2.22. The second-order valence-electron chi connectivity index (χ2n) is 6.56. The maximum atomic E-state index is 12.8. The van der Waals surface area contributed by atoms with E-state index in [4.69, 9.17) is 5.26 Å². The summed E-state index contributed by atoms with van der Waals surface area (Å²) in [5.74, 6) is -0.141. The lowest BCUT2D eigenvalue weighted by Gasteiger charge is -2.39. The third kappa shape index (κ3) is 4.32. The van der Waals surface area contributed by atoms with Crippen LogP contribution in [0.3, 0.4) is 0 Å². The van der Waals surface area contributed by atoms with Gasteiger partial charge in [-0.25, -0.2) is 0 Å². The van der Waals surface area contributed by atoms with E-state index >= 15 is 0 Å². The summed E-state index contributed by atoms with van der Waals surface area (Å²) >= 11 is 1.64. The van der Waals surface area contributed by atoms with Gasteiger partial charge in [-0.15, -0.1) is 11.8 Å². The number of hydrogen-bond acceptors (Lipinski definition) is 4. The van der Waals surface area contributed by atoms with Crippen molar-refractivity contribution in [3.05, 3.63) is 59.7 Å². The van der Waals surface area contributed by atoms with E-state index in [0.29, 0.717) is 18.5 Å². The molecule has 1 atom stereocenters. The van der Waals surface area contributed by atoms with E-state index in [1.807, 2.05) is 37.4 Å². The average Bonchev–Trinajstić information content (AvgIpc) is 2.69. The number of carbonyl (C=O) groups is 2. The topological polar surface area (TPSA) is 64.4 Å². The lowest BCUT2D eigenvalue weighted by molar-refractivity contribution is -0.138. The maximum absolute atomic E-state index is 12.8. The summed E-state index contributed by atoms with van der Waals surface area (Å²) in [5.41, 5.74) is 2.27. The van der Waals surface area contributed by atoms with E-state index in [2.05, 4.69) is 6.07 Å². The van der Waals surface area contributed by atoms with E-state index in [1.54, 1.807) is 45.8 Å². The van der Waals surface area contributed by atoms with E-state index in [0.717, 1.165) is 16.1 Å². The summed E-state index contributed by atoms with van der Waals surface area (Å²) in [5, 5.41) is 8.91. The zero-order valence-electron chi connectivity index (χ0n) is 15.4. The average molecular weight is 379 g/mol. The fourth-order valence-corrected chi connectivity index (χ4v) is 3.69. The number of thioether (sulfide) groups is 1. The number of nitriles is 1. The molecule has 0 radical (unpaired) electrons. The van der Waals surface area contributed by atoms with Gasteiger partial charge in [0.15, 0.2) is 0 Å². The van der Waals surface area contributed by atoms with Gasteiger partial charge in [0, 0.05) is 23.2 Å². The fourth-order valence-electron chi connectivity index (χ4n) is 3.21. The standard InChI is InChI=1S/C21H21N3O2S/c1-15-13-24(18-8-6-16(12-22)7-9-18)21(26)14-23(15)20(25)11-17-4-3-5-19(10-17)27-2/h3-10,15H,11,13-14H2,1-2H3. The monoisotopic (exact) mass is 379 g/mol. The third-order valence-corrected chi connectivity index (χ3v) is 5.43. The van der Waals surface area contributed by atoms with Crippen LogP contribution in [-0.4, -0.2) is 42.1 Å². The molecule has 2 amide bonds. The van der Waals surface area contributed by atoms with Crippen molar-refractivity contribution in [2.45, 2.75) is 24.3 Å². The molecule has 0 bridgehead atoms. The number of amides is 2. The van der Waals surface area contributed by atoms with Gasteiger partial charge in [-0.2, -0.15) is 5.26 Å². The molecule has 27 heavy (non-hydrogen) atoms. The predicted octanol–water partition coefficient (Wildman–Crippen LogP) is 3.09. The van der Waals surface area contributed by atoms with Gasteiger partial charge in [0.2, 0.25) is 11.8 Å². The second kappa shape index (κ2) is 8.28. The summed E-state index contributed by atoms with van der Waals surface area (Å²) in [4.78, 5) is 29.9. The Kier molecular flexibility index (Phi) is 5.82. The highest BCUT2D eigenvalue weighted by Gasteiger charge is 2.33. The predicted molar refractivity (Wildman–Crippen MR) is 107 cm³/mol. The van der Waals surface area contributed by atoms with E-state index in [-0.39, 0.29) is 24.4 Å². The molecule has 1 heterocycles. The Morgan fingerprint density at radius 1 is 1.26 bits per heavy atom. The Morgan fingerprint density at radius 2 is 2.00 bits per heavy atom. The van der Waals surface area contributed by atoms with Gasteiger partial charge in [-0.05, 0) is 55.1 Å². The van der Waals surface area contributed by atoms with Crippen LogP contribution >= 0.6 is 11.8 Å². The van der Waals surface area contributed by atoms with Crippen LogP contribution in [0.25, 0.3) is 0 Å². The van der Waals surface area contributed by atoms with Gasteiger partial charge < -0.3 is 9.80 Å². The molecule has 1 unspecified atom stereocenters. The molecule has 1 saturated heterocycles. The van der Waals surface area contributed by atoms with Gasteiger partial charge in [0.1, 0.15) is 6.54 Å². The summed E-state index contributed by atoms with van der Waals surface area (Å²) in [7, 11) is 0. The Labute approximate surface area is 163 Å². The molecule has 0 aromatic heterocycles. The first-order valence-electron chi connectivity index (χ1n) is 8.74. The molecule has 3 rings (SSSR count). The van der Waals surface area contributed by atoms with Gasteiger partial charge in [0.05, 0.1) is 18.1 Å². The zero-order valence-corrected chi connectivity index (χ0v) is 16.2. The zero-order chi connectivity index (χ0) is 19.4. The van der Waals surface area contributed by atoms with Crippen LogP contribution in [0.15, 0.2) is 53.4 Å². The number of benzene rings is 2. The molecule has 1 aliphatic rings. The van der Waals surface area contributed by atoms with Gasteiger partial charge in [-0.3, -0.25) is 9.59 Å². The van der Waals surface area contributed by atoms with Crippen molar-refractivity contribution in [3.8, 4) is 6.07 Å². The van der Waals surface area contributed by atoms with Crippen molar-refractivity contribution in [1.82, 2.24) is 4.90 Å². The Balaban J connectivity index is 1.69. The van der Waals surface area contributed by atoms with Crippen molar-refractivity contribution < 1.29 is 9.59 Å². The molecule has 0 spiro atoms. The van der Waals surface area contributed by atoms with Crippen LogP contribution in [0.1, 0.15) is 18.1 Å². The van der Waals surface area contributed by atoms with Crippen molar-refractivity contribution in [2.24, 2.45) is 0 Å². The molecule has 6 heteroatoms. The smallest absolute Gasteiger partial charge is 0.246 e. The van der Waals surface area contributed by atoms with Crippen LogP contribution in [0, 0.1) is 11.3 Å². The SMILES string of the molecule is CSc1cccc(CC(=O)N2CC(=O)N(c3ccc(C#N)cc3)CC2C)c1. The lowest BCUT2D eigenvalue weighted by atomic mass is 10.1. The normalized spacial score (nSPS) is 16.9. The van der Waals surface area contributed by atoms with Crippen LogP contribution in [0.4, 0.5) is 5.69 Å². The second-order valence-corrected chi connectivity index (χ2v) is 7.44. The molecule has 138 valence electrons. The van der Waals surface area contributed by atoms with Crippen LogP contribution in [0.2, 0.25) is 0 Å². The molecule has 0 N–H and O–H groups in total. The molecular formula is C21H21N3O2S. The molecule has 0 saturated carbocycles. The molecule has 0 aliphatic carbocycles. The number of rotatable bonds is 4. The van der Waals surface area contributed by atoms with Crippen molar-refractivity contribution in [2.75, 3.05) is 24.2 Å². The summed E-state index contributed by atoms with van der Waals surface area (Å²) in [6.07, 6.45) is 2.30. The first-order chi connectivity index (χ1) is 13.0. The lowest BCUT2D eigenvalue weighted by Crippen LogP contribution is -2.57. The first kappa shape index (κ1) is 19.0. The van der Waals surface area contributed by atoms with E-state index in [1.165, 1.54) is 0 Å². The first-order valence-corrected chi connectivity index (χ1v) is 9.97. The quantitative estimate of drug-likeness (QED) is 0.766. The molecule has 5 nitrogen and oxygen atoms in total. The number of hydrogen-bond donors (Lipinski definition) is 0. The Hall–Kier alpha value is -2.78. The Bertz CT molecular complexity index is 889. The number of anilines is 1. The summed E-state index contributed by atoms with van der Waals surface area (Å²) in [6, 6.07) is 16.9. The summed E-state index contributed by atoms with van der Waals surface area (Å²) < 4.78 is 0. The summed E-state index contributed by atoms with van der Waals surface area (Å²) in [6.45, 7) is 2.48. The number of piperazine rings is 1. The van der Waals surface area contributed by atoms with Crippen LogP contribution < -0.4 is 4.90 Å². The number of carbonyl (C=O) groups excluding carboxylic acids is 2. The van der Waals surface area contributed by atoms with Crippen LogP contribution in [-0.2, 0) is 16.0 Å². The highest BCUT2D eigenvalue weighted by molar-refractivity contribution is 7.98. The van der Waals surface area contributed by atoms with Crippen LogP contribution in [0.5, 0.6) is 0 Å². The largest absolute Gasteiger partial charge is 0.329 e. The fraction of sp³-hybridized carbons (Fsp3) is 0.286. The van der Waals surface area contributed by atoms with E-state index in [9.17, 15) is 9.59 Å². The van der Waals surface area contributed by atoms with Gasteiger partial charge >= 0.3 is 0 Å². The van der Waals surface area contributed by atoms with Crippen molar-refractivity contribution >= 4 is 29.3 Å². The minimum absolute atomic E-state index is 0.0337. The highest BCUT2D eigenvalue weighted by atomic mass is 32.2. The minimum Gasteiger partial charge on any atom is -0.329 e. The molecule has 2 aromatic rings. The third-order valence-electron chi connectivity index (χ3n) is 4.70. The number of nitrogens with zero attached hydrogens (tertiary/aromatic N) is 3. The Morgan fingerprint density at radius 3 is 2.67 bits per heavy atom. The van der Waals surface area contributed by atoms with Gasteiger partial charge in [-0.1, -0.05) is 12.1 Å². The van der Waals surface area contributed by atoms with Crippen molar-refractivity contribution in [1.29, 1.82) is 5.26 Å². The molecule has 2 aromatic carbocycles. The van der Waals surface area contributed by atoms with Gasteiger partial charge in [0.25, 0.3) is 0 Å².